The van der Waals surface area contributed by atoms with Crippen molar-refractivity contribution in [2.45, 2.75) is 0 Å². The highest BCUT2D eigenvalue weighted by Crippen LogP contribution is 2.43. The lowest BCUT2D eigenvalue weighted by Crippen LogP contribution is -2.19. The fourth-order valence-electron chi connectivity index (χ4n) is 0.306. The van der Waals surface area contributed by atoms with Crippen molar-refractivity contribution in [2.75, 3.05) is 0 Å². The van der Waals surface area contributed by atoms with Crippen molar-refractivity contribution in [3.63, 3.8) is 0 Å². The number of carboxylic acids is 2. The van der Waals surface area contributed by atoms with E-state index < -0.39 is 31.7 Å². The lowest BCUT2D eigenvalue weighted by Gasteiger charge is -2.07. The van der Waals surface area contributed by atoms with Gasteiger partial charge in [0.1, 0.15) is 0 Å². The largest absolute Gasteiger partial charge is 0.590 e. The van der Waals surface area contributed by atoms with E-state index in [9.17, 15) is 23.7 Å². The Kier molecular flexibility index (Phi) is 3.95. The van der Waals surface area contributed by atoms with E-state index in [1.165, 1.54) is 0 Å². The maximum atomic E-state index is 10.6. The number of hydrogen-bond acceptors (Lipinski definition) is 7. The lowest BCUT2D eigenvalue weighted by atomic mass is 10.7. The van der Waals surface area contributed by atoms with Crippen LogP contribution in [0.15, 0.2) is 0 Å². The highest BCUT2D eigenvalue weighted by molar-refractivity contribution is 7.48. The third kappa shape index (κ3) is 4.74. The van der Waals surface area contributed by atoms with Crippen LogP contribution in [0.25, 0.3) is 0 Å². The minimum Gasteiger partial charge on any atom is -0.473 e. The third-order valence-corrected chi connectivity index (χ3v) is 1.54. The molecule has 0 atom stereocenters. The van der Waals surface area contributed by atoms with Gasteiger partial charge in [0.25, 0.3) is 0 Å². The summed E-state index contributed by atoms with van der Waals surface area (Å²) in [6.07, 6.45) is 0. The second-order valence-electron chi connectivity index (χ2n) is 1.84. The van der Waals surface area contributed by atoms with E-state index in [0.717, 1.165) is 0 Å². The molecule has 0 aromatic heterocycles. The van der Waals surface area contributed by atoms with E-state index in [1.54, 1.807) is 0 Å². The molecule has 0 unspecified atom stereocenters. The Labute approximate surface area is 80.6 Å². The van der Waals surface area contributed by atoms with Crippen molar-refractivity contribution in [1.82, 2.24) is 0 Å². The molecule has 0 radical (unpaired) electrons. The maximum Gasteiger partial charge on any atom is 0.590 e. The molecule has 0 heterocycles. The van der Waals surface area contributed by atoms with Gasteiger partial charge in [-0.2, -0.15) is 0 Å². The van der Waals surface area contributed by atoms with E-state index in [4.69, 9.17) is 15.1 Å². The van der Waals surface area contributed by atoms with E-state index in [1.807, 2.05) is 0 Å². The molecule has 84 valence electrons. The van der Waals surface area contributed by atoms with Gasteiger partial charge in [0.05, 0.1) is 0 Å². The third-order valence-electron chi connectivity index (χ3n) is 0.746. The number of carbonyl (C=O) groups excluding carboxylic acids is 2. The fraction of sp³-hybridized carbons (Fsp3) is 0. The molecule has 0 aromatic rings. The van der Waals surface area contributed by atoms with Gasteiger partial charge in [-0.05, 0) is 0 Å². The molecule has 0 aliphatic heterocycles. The molecule has 3 N–H and O–H groups in total. The number of carboxylic acid groups (broad SMARTS) is 2. The Balaban J connectivity index is 4.51. The fourth-order valence-corrected chi connectivity index (χ4v) is 0.919. The summed E-state index contributed by atoms with van der Waals surface area (Å²) >= 11 is 0. The molecule has 0 aromatic carbocycles. The Morgan fingerprint density at radius 1 is 0.867 bits per heavy atom. The van der Waals surface area contributed by atoms with Crippen molar-refractivity contribution in [3.8, 4) is 0 Å². The van der Waals surface area contributed by atoms with E-state index in [2.05, 4.69) is 9.05 Å². The first kappa shape index (κ1) is 13.1. The normalized spacial score (nSPS) is 10.2. The zero-order valence-corrected chi connectivity index (χ0v) is 7.54. The molecule has 0 spiro atoms. The highest BCUT2D eigenvalue weighted by Gasteiger charge is 2.35. The van der Waals surface area contributed by atoms with Crippen LogP contribution in [0.2, 0.25) is 0 Å². The van der Waals surface area contributed by atoms with Crippen molar-refractivity contribution in [2.24, 2.45) is 0 Å². The molecule has 0 bridgehead atoms. The van der Waals surface area contributed by atoms with Crippen LogP contribution in [-0.4, -0.2) is 39.0 Å². The maximum absolute atomic E-state index is 10.6. The van der Waals surface area contributed by atoms with E-state index >= 15 is 0 Å². The number of rotatable bonds is 2. The standard InChI is InChI=1S/C4H3O10P/c5-1(6)3(9)13-15(11,12)14-4(10)2(7)8/h(H,5,6)(H,7,8)(H,11,12). The number of phosphoric acid groups is 1. The summed E-state index contributed by atoms with van der Waals surface area (Å²) in [6, 6.07) is 0. The van der Waals surface area contributed by atoms with Crippen LogP contribution >= 0.6 is 7.82 Å². The smallest absolute Gasteiger partial charge is 0.473 e. The van der Waals surface area contributed by atoms with Gasteiger partial charge in [0, 0.05) is 0 Å². The van der Waals surface area contributed by atoms with Crippen molar-refractivity contribution in [1.29, 1.82) is 0 Å². The van der Waals surface area contributed by atoms with Crippen LogP contribution in [0, 0.1) is 0 Å². The first-order valence-corrected chi connectivity index (χ1v) is 4.42. The summed E-state index contributed by atoms with van der Waals surface area (Å²) in [5.74, 6) is -8.76. The molecule has 0 saturated carbocycles. The van der Waals surface area contributed by atoms with Gasteiger partial charge in [-0.15, -0.1) is 0 Å². The van der Waals surface area contributed by atoms with Gasteiger partial charge in [-0.1, -0.05) is 0 Å². The molecule has 0 amide bonds. The van der Waals surface area contributed by atoms with Crippen LogP contribution in [0.5, 0.6) is 0 Å². The predicted molar refractivity (Wildman–Crippen MR) is 37.3 cm³/mol. The summed E-state index contributed by atoms with van der Waals surface area (Å²) in [5, 5.41) is 15.9. The molecular weight excluding hydrogens is 239 g/mol. The Morgan fingerprint density at radius 3 is 1.33 bits per heavy atom. The molecule has 0 aliphatic carbocycles. The van der Waals surface area contributed by atoms with Gasteiger partial charge < -0.3 is 19.3 Å². The van der Waals surface area contributed by atoms with E-state index in [-0.39, 0.29) is 0 Å². The summed E-state index contributed by atoms with van der Waals surface area (Å²) < 4.78 is 17.2. The summed E-state index contributed by atoms with van der Waals surface area (Å²) in [7, 11) is -5.37. The average Bonchev–Trinajstić information content (AvgIpc) is 2.01. The molecule has 15 heavy (non-hydrogen) atoms. The van der Waals surface area contributed by atoms with Crippen LogP contribution in [0.4, 0.5) is 0 Å². The van der Waals surface area contributed by atoms with Crippen LogP contribution in [-0.2, 0) is 32.8 Å². The lowest BCUT2D eigenvalue weighted by molar-refractivity contribution is -0.162. The second-order valence-corrected chi connectivity index (χ2v) is 3.14. The topological polar surface area (TPSA) is 164 Å². The minimum absolute atomic E-state index is 2.17. The molecule has 0 fully saturated rings. The van der Waals surface area contributed by atoms with Crippen LogP contribution < -0.4 is 0 Å². The zero-order valence-electron chi connectivity index (χ0n) is 6.65. The first-order chi connectivity index (χ1) is 6.65. The van der Waals surface area contributed by atoms with Crippen molar-refractivity contribution < 1.29 is 47.9 Å². The molecule has 0 rings (SSSR count). The van der Waals surface area contributed by atoms with Crippen LogP contribution in [0.3, 0.4) is 0 Å². The summed E-state index contributed by atoms with van der Waals surface area (Å²) in [4.78, 5) is 48.6. The highest BCUT2D eigenvalue weighted by atomic mass is 31.2. The number of carbonyl (C=O) groups is 4. The summed E-state index contributed by atoms with van der Waals surface area (Å²) in [5.41, 5.74) is 0. The Morgan fingerprint density at radius 2 is 1.13 bits per heavy atom. The molecule has 0 aliphatic rings. The van der Waals surface area contributed by atoms with Crippen molar-refractivity contribution >= 4 is 31.7 Å². The Hall–Kier alpha value is -1.93. The van der Waals surface area contributed by atoms with Gasteiger partial charge in [0.15, 0.2) is 0 Å². The quantitative estimate of drug-likeness (QED) is 0.376. The van der Waals surface area contributed by atoms with Gasteiger partial charge in [-0.25, -0.2) is 23.7 Å². The number of aliphatic carboxylic acids is 2. The minimum atomic E-state index is -5.37. The number of phosphoric ester groups is 1. The average molecular weight is 242 g/mol. The Bertz CT molecular complexity index is 336. The van der Waals surface area contributed by atoms with Crippen LogP contribution in [0.1, 0.15) is 0 Å². The van der Waals surface area contributed by atoms with Crippen molar-refractivity contribution in [3.05, 3.63) is 0 Å². The summed E-state index contributed by atoms with van der Waals surface area (Å²) in [6.45, 7) is 0. The molecule has 0 saturated heterocycles. The van der Waals surface area contributed by atoms with Gasteiger partial charge >= 0.3 is 31.7 Å². The predicted octanol–water partition coefficient (Wildman–Crippen LogP) is -1.66. The molecule has 10 nitrogen and oxygen atoms in total. The van der Waals surface area contributed by atoms with Gasteiger partial charge in [0.2, 0.25) is 0 Å². The van der Waals surface area contributed by atoms with E-state index in [0.29, 0.717) is 0 Å². The second kappa shape index (κ2) is 4.53. The van der Waals surface area contributed by atoms with Gasteiger partial charge in [-0.3, -0.25) is 4.89 Å². The SMILES string of the molecule is O=C(O)C(=O)OP(=O)(O)OC(=O)C(=O)O. The monoisotopic (exact) mass is 242 g/mol. The molecule has 11 heteroatoms. The zero-order chi connectivity index (χ0) is 12.2. The first-order valence-electron chi connectivity index (χ1n) is 2.92. The number of hydrogen-bond donors (Lipinski definition) is 3. The molecular formula is C4H3O10P.